The second-order valence-corrected chi connectivity index (χ2v) is 5.94. The number of nitrogens with one attached hydrogen (secondary N) is 2. The number of rotatable bonds is 9. The van der Waals surface area contributed by atoms with Crippen LogP contribution in [0.25, 0.3) is 0 Å². The number of nitrogens with zero attached hydrogens (tertiary/aromatic N) is 5. The van der Waals surface area contributed by atoms with Crippen LogP contribution < -0.4 is 16.0 Å². The third-order valence-corrected chi connectivity index (χ3v) is 3.42. The van der Waals surface area contributed by atoms with E-state index in [-0.39, 0.29) is 31.2 Å². The fraction of sp³-hybridized carbons (Fsp3) is 0.643. The van der Waals surface area contributed by atoms with E-state index in [1.807, 2.05) is 0 Å². The summed E-state index contributed by atoms with van der Waals surface area (Å²) in [6, 6.07) is -1.46. The number of H-pyrrole nitrogens is 1. The molecule has 12 nitrogen and oxygen atoms in total. The Labute approximate surface area is 180 Å². The summed E-state index contributed by atoms with van der Waals surface area (Å²) in [5.41, 5.74) is 5.18. The molecule has 1 aromatic heterocycles. The minimum atomic E-state index is -5.14. The van der Waals surface area contributed by atoms with Gasteiger partial charge in [-0.3, -0.25) is 19.5 Å². The van der Waals surface area contributed by atoms with Crippen molar-refractivity contribution in [2.75, 3.05) is 25.2 Å². The normalized spacial score (nSPS) is 12.9. The number of carboxylic acids is 1. The zero-order valence-electron chi connectivity index (χ0n) is 16.7. The zero-order chi connectivity index (χ0) is 25.8. The van der Waals surface area contributed by atoms with Crippen molar-refractivity contribution in [2.24, 2.45) is 10.7 Å². The highest BCUT2D eigenvalue weighted by molar-refractivity contribution is 5.98. The predicted molar refractivity (Wildman–Crippen MR) is 95.6 cm³/mol. The summed E-state index contributed by atoms with van der Waals surface area (Å²) in [5.74, 6) is -6.21. The first-order valence-electron chi connectivity index (χ1n) is 8.64. The second-order valence-electron chi connectivity index (χ2n) is 5.94. The quantitative estimate of drug-likeness (QED) is 0.164. The van der Waals surface area contributed by atoms with Crippen molar-refractivity contribution in [1.29, 1.82) is 0 Å². The van der Waals surface area contributed by atoms with Gasteiger partial charge < -0.3 is 16.2 Å². The van der Waals surface area contributed by atoms with Crippen molar-refractivity contribution in [3.63, 3.8) is 0 Å². The van der Waals surface area contributed by atoms with Crippen LogP contribution >= 0.6 is 0 Å². The SMILES string of the molecule is CN(C(=O)C(CCCCN=C(N)CF)NC(=O)C(F)(F)F)c1nn[nH]n1.O=C(O)C(F)(F)F. The lowest BCUT2D eigenvalue weighted by atomic mass is 10.1. The molecule has 0 saturated carbocycles. The van der Waals surface area contributed by atoms with Gasteiger partial charge in [0.2, 0.25) is 0 Å². The number of likely N-dealkylation sites (N-methyl/N-ethyl adjacent to an activating group) is 1. The number of carbonyl (C=O) groups excluding carboxylic acids is 2. The summed E-state index contributed by atoms with van der Waals surface area (Å²) in [4.78, 5) is 37.0. The Balaban J connectivity index is 0.00000126. The molecular weight excluding hydrogens is 477 g/mol. The number of hydrogen-bond donors (Lipinski definition) is 4. The fourth-order valence-corrected chi connectivity index (χ4v) is 1.85. The molecule has 0 spiro atoms. The predicted octanol–water partition coefficient (Wildman–Crippen LogP) is 0.340. The average Bonchev–Trinajstić information content (AvgIpc) is 3.25. The van der Waals surface area contributed by atoms with Crippen LogP contribution in [0.4, 0.5) is 36.7 Å². The first-order chi connectivity index (χ1) is 15.1. The van der Waals surface area contributed by atoms with Crippen molar-refractivity contribution < 1.29 is 50.2 Å². The number of aromatic amines is 1. The van der Waals surface area contributed by atoms with Crippen LogP contribution in [-0.2, 0) is 14.4 Å². The van der Waals surface area contributed by atoms with Gasteiger partial charge in [0.15, 0.2) is 0 Å². The Morgan fingerprint density at radius 2 is 1.76 bits per heavy atom. The molecule has 19 heteroatoms. The molecule has 0 aliphatic heterocycles. The number of nitrogens with two attached hydrogens (primary N) is 1. The van der Waals surface area contributed by atoms with E-state index in [1.165, 1.54) is 7.05 Å². The lowest BCUT2D eigenvalue weighted by Gasteiger charge is -2.22. The Morgan fingerprint density at radius 1 is 1.18 bits per heavy atom. The molecule has 0 aliphatic carbocycles. The molecule has 1 atom stereocenters. The highest BCUT2D eigenvalue weighted by Crippen LogP contribution is 2.16. The summed E-state index contributed by atoms with van der Waals surface area (Å²) in [6.45, 7) is -0.761. The largest absolute Gasteiger partial charge is 0.490 e. The van der Waals surface area contributed by atoms with Gasteiger partial charge >= 0.3 is 24.2 Å². The van der Waals surface area contributed by atoms with Crippen LogP contribution in [0.15, 0.2) is 4.99 Å². The lowest BCUT2D eigenvalue weighted by Crippen LogP contribution is -2.51. The highest BCUT2D eigenvalue weighted by Gasteiger charge is 2.41. The molecule has 1 unspecified atom stereocenters. The number of carboxylic acid groups (broad SMARTS) is 1. The maximum atomic E-state index is 12.5. The number of aromatic nitrogens is 4. The van der Waals surface area contributed by atoms with E-state index >= 15 is 0 Å². The molecule has 2 amide bonds. The minimum Gasteiger partial charge on any atom is -0.475 e. The number of alkyl halides is 7. The van der Waals surface area contributed by atoms with Crippen LogP contribution in [0, 0.1) is 0 Å². The molecule has 1 rings (SSSR count). The molecule has 0 fully saturated rings. The van der Waals surface area contributed by atoms with Gasteiger partial charge in [-0.05, 0) is 24.5 Å². The number of halogens is 7. The first kappa shape index (κ1) is 29.5. The van der Waals surface area contributed by atoms with Crippen molar-refractivity contribution in [2.45, 2.75) is 37.7 Å². The Morgan fingerprint density at radius 3 is 2.18 bits per heavy atom. The third kappa shape index (κ3) is 11.6. The van der Waals surface area contributed by atoms with Gasteiger partial charge in [-0.2, -0.15) is 31.6 Å². The van der Waals surface area contributed by atoms with Gasteiger partial charge in [-0.25, -0.2) is 9.18 Å². The fourth-order valence-electron chi connectivity index (χ4n) is 1.85. The number of aliphatic carboxylic acids is 1. The summed E-state index contributed by atoms with van der Waals surface area (Å²) in [6.07, 6.45) is -9.76. The van der Waals surface area contributed by atoms with E-state index in [0.717, 1.165) is 4.90 Å². The van der Waals surface area contributed by atoms with Crippen LogP contribution in [0.5, 0.6) is 0 Å². The van der Waals surface area contributed by atoms with Crippen molar-refractivity contribution in [1.82, 2.24) is 25.9 Å². The highest BCUT2D eigenvalue weighted by atomic mass is 19.4. The van der Waals surface area contributed by atoms with Gasteiger partial charge in [-0.1, -0.05) is 5.10 Å². The van der Waals surface area contributed by atoms with Gasteiger partial charge in [0.05, 0.1) is 0 Å². The number of aliphatic imine (C=N–C) groups is 1. The minimum absolute atomic E-state index is 0.103. The van der Waals surface area contributed by atoms with Gasteiger partial charge in [-0.15, -0.1) is 5.10 Å². The maximum Gasteiger partial charge on any atom is 0.490 e. The topological polar surface area (TPSA) is 180 Å². The lowest BCUT2D eigenvalue weighted by molar-refractivity contribution is -0.192. The monoisotopic (exact) mass is 496 g/mol. The maximum absolute atomic E-state index is 12.5. The summed E-state index contributed by atoms with van der Waals surface area (Å²) >= 11 is 0. The second kappa shape index (κ2) is 13.1. The number of carbonyl (C=O) groups is 3. The molecule has 1 aromatic rings. The molecule has 188 valence electrons. The van der Waals surface area contributed by atoms with Crippen molar-refractivity contribution >= 4 is 29.6 Å². The molecule has 0 aliphatic rings. The van der Waals surface area contributed by atoms with Gasteiger partial charge in [0, 0.05) is 13.6 Å². The first-order valence-corrected chi connectivity index (χ1v) is 8.64. The number of anilines is 1. The Hall–Kier alpha value is -3.54. The number of unbranched alkanes of at least 4 members (excludes halogenated alkanes) is 1. The standard InChI is InChI=1S/C12H18F4N8O2.C2HF3O2/c1-24(11-20-22-23-21-11)9(25)7(19-10(26)12(14,15)16)4-2-3-5-18-8(17)6-13;3-2(4,5)1(6)7/h7H,2-6H2,1H3,(H2,17,18)(H,19,26)(H,20,21,22,23);(H,6,7). The van der Waals surface area contributed by atoms with Crippen LogP contribution in [-0.4, -0.2) is 88.0 Å². The Kier molecular flexibility index (Phi) is 11.7. The molecule has 0 saturated heterocycles. The van der Waals surface area contributed by atoms with Crippen LogP contribution in [0.2, 0.25) is 0 Å². The van der Waals surface area contributed by atoms with E-state index in [2.05, 4.69) is 25.6 Å². The molecule has 5 N–H and O–H groups in total. The van der Waals surface area contributed by atoms with E-state index in [0.29, 0.717) is 6.42 Å². The van der Waals surface area contributed by atoms with Crippen LogP contribution in [0.3, 0.4) is 0 Å². The van der Waals surface area contributed by atoms with Crippen molar-refractivity contribution in [3.8, 4) is 0 Å². The number of amidine groups is 1. The smallest absolute Gasteiger partial charge is 0.475 e. The average molecular weight is 496 g/mol. The van der Waals surface area contributed by atoms with Crippen molar-refractivity contribution in [3.05, 3.63) is 0 Å². The molecule has 0 radical (unpaired) electrons. The molecule has 0 bridgehead atoms. The van der Waals surface area contributed by atoms with E-state index in [9.17, 15) is 40.3 Å². The molecular formula is C14H19F7N8O4. The number of hydrogen-bond acceptors (Lipinski definition) is 7. The zero-order valence-corrected chi connectivity index (χ0v) is 16.7. The van der Waals surface area contributed by atoms with Crippen LogP contribution in [0.1, 0.15) is 19.3 Å². The molecule has 0 aromatic carbocycles. The molecule has 33 heavy (non-hydrogen) atoms. The van der Waals surface area contributed by atoms with Gasteiger partial charge in [0.25, 0.3) is 11.9 Å². The van der Waals surface area contributed by atoms with E-state index < -0.39 is 42.9 Å². The summed E-state index contributed by atoms with van der Waals surface area (Å²) < 4.78 is 81.3. The molecule has 1 heterocycles. The van der Waals surface area contributed by atoms with E-state index in [1.54, 1.807) is 5.32 Å². The summed E-state index contributed by atoms with van der Waals surface area (Å²) in [7, 11) is 1.23. The van der Waals surface area contributed by atoms with E-state index in [4.69, 9.17) is 15.6 Å². The Bertz CT molecular complexity index is 798. The van der Waals surface area contributed by atoms with Gasteiger partial charge in [0.1, 0.15) is 18.6 Å². The summed E-state index contributed by atoms with van der Waals surface area (Å²) in [5, 5.41) is 21.2. The third-order valence-electron chi connectivity index (χ3n) is 3.42. The number of amides is 2. The number of tetrazole rings is 1.